The van der Waals surface area contributed by atoms with Crippen LogP contribution in [0.25, 0.3) is 11.3 Å². The highest BCUT2D eigenvalue weighted by atomic mass is 19.1. The number of oxazole rings is 1. The third-order valence-corrected chi connectivity index (χ3v) is 4.51. The average Bonchev–Trinajstić information content (AvgIpc) is 3.16. The van der Waals surface area contributed by atoms with Crippen LogP contribution in [-0.2, 0) is 6.54 Å². The molecule has 1 N–H and O–H groups in total. The maximum atomic E-state index is 12.9. The third-order valence-electron chi connectivity index (χ3n) is 4.51. The van der Waals surface area contributed by atoms with Crippen LogP contribution in [0.3, 0.4) is 0 Å². The fraction of sp³-hybridized carbons (Fsp3) is 0.438. The summed E-state index contributed by atoms with van der Waals surface area (Å²) in [6.45, 7) is 5.26. The maximum Gasteiger partial charge on any atom is 0.209 e. The molecular weight excluding hydrogens is 269 g/mol. The van der Waals surface area contributed by atoms with Gasteiger partial charge in [-0.25, -0.2) is 9.37 Å². The number of fused-ring (bicyclic) bond motifs is 1. The van der Waals surface area contributed by atoms with Gasteiger partial charge in [0, 0.05) is 18.7 Å². The zero-order valence-electron chi connectivity index (χ0n) is 11.8. The zero-order valence-corrected chi connectivity index (χ0v) is 11.8. The van der Waals surface area contributed by atoms with Crippen LogP contribution in [-0.4, -0.2) is 36.1 Å². The first kappa shape index (κ1) is 13.0. The topological polar surface area (TPSA) is 41.3 Å². The second-order valence-electron chi connectivity index (χ2n) is 6.00. The number of rotatable bonds is 3. The van der Waals surface area contributed by atoms with Gasteiger partial charge in [0.15, 0.2) is 5.76 Å². The van der Waals surface area contributed by atoms with E-state index in [2.05, 4.69) is 15.2 Å². The molecule has 0 bridgehead atoms. The molecule has 0 saturated carbocycles. The largest absolute Gasteiger partial charge is 0.439 e. The lowest BCUT2D eigenvalue weighted by atomic mass is 10.0. The molecule has 3 heterocycles. The third kappa shape index (κ3) is 2.59. The Balaban J connectivity index is 1.44. The van der Waals surface area contributed by atoms with Crippen molar-refractivity contribution in [3.63, 3.8) is 0 Å². The number of likely N-dealkylation sites (tertiary alicyclic amines) is 1. The minimum absolute atomic E-state index is 0.240. The maximum absolute atomic E-state index is 12.9. The summed E-state index contributed by atoms with van der Waals surface area (Å²) in [4.78, 5) is 6.77. The van der Waals surface area contributed by atoms with Crippen LogP contribution in [0.4, 0.5) is 4.39 Å². The Morgan fingerprint density at radius 2 is 1.90 bits per heavy atom. The molecule has 1 aromatic carbocycles. The lowest BCUT2D eigenvalue weighted by Gasteiger charge is -2.14. The molecule has 0 amide bonds. The van der Waals surface area contributed by atoms with Crippen LogP contribution >= 0.6 is 0 Å². The molecule has 110 valence electrons. The second kappa shape index (κ2) is 5.24. The predicted molar refractivity (Wildman–Crippen MR) is 77.0 cm³/mol. The normalized spacial score (nSPS) is 25.4. The van der Waals surface area contributed by atoms with Crippen LogP contribution in [0.1, 0.15) is 5.89 Å². The van der Waals surface area contributed by atoms with E-state index in [1.807, 2.05) is 0 Å². The van der Waals surface area contributed by atoms with E-state index in [1.165, 1.54) is 12.1 Å². The van der Waals surface area contributed by atoms with Gasteiger partial charge in [-0.15, -0.1) is 0 Å². The molecule has 5 heteroatoms. The van der Waals surface area contributed by atoms with Gasteiger partial charge < -0.3 is 9.73 Å². The van der Waals surface area contributed by atoms with Crippen LogP contribution in [0.15, 0.2) is 34.9 Å². The highest BCUT2D eigenvalue weighted by molar-refractivity contribution is 5.55. The molecule has 2 aliphatic rings. The van der Waals surface area contributed by atoms with Crippen LogP contribution in [0, 0.1) is 17.7 Å². The van der Waals surface area contributed by atoms with Gasteiger partial charge in [0.25, 0.3) is 0 Å². The number of hydrogen-bond donors (Lipinski definition) is 1. The van der Waals surface area contributed by atoms with Crippen molar-refractivity contribution in [3.05, 3.63) is 42.2 Å². The van der Waals surface area contributed by atoms with Gasteiger partial charge in [0.05, 0.1) is 12.7 Å². The monoisotopic (exact) mass is 287 g/mol. The van der Waals surface area contributed by atoms with Crippen LogP contribution in [0.5, 0.6) is 0 Å². The summed E-state index contributed by atoms with van der Waals surface area (Å²) in [5.41, 5.74) is 0.859. The van der Waals surface area contributed by atoms with Gasteiger partial charge in [-0.2, -0.15) is 0 Å². The molecule has 2 fully saturated rings. The highest BCUT2D eigenvalue weighted by Crippen LogP contribution is 2.28. The van der Waals surface area contributed by atoms with Crippen molar-refractivity contribution in [1.29, 1.82) is 0 Å². The van der Waals surface area contributed by atoms with Gasteiger partial charge in [-0.05, 0) is 49.2 Å². The molecule has 0 spiro atoms. The smallest absolute Gasteiger partial charge is 0.209 e. The first-order chi connectivity index (χ1) is 10.3. The molecule has 21 heavy (non-hydrogen) atoms. The first-order valence-corrected chi connectivity index (χ1v) is 7.41. The Kier molecular flexibility index (Phi) is 3.24. The number of nitrogens with one attached hydrogen (secondary N) is 1. The summed E-state index contributed by atoms with van der Waals surface area (Å²) in [6, 6.07) is 6.30. The van der Waals surface area contributed by atoms with Gasteiger partial charge >= 0.3 is 0 Å². The Morgan fingerprint density at radius 1 is 1.19 bits per heavy atom. The molecule has 2 saturated heterocycles. The van der Waals surface area contributed by atoms with Crippen molar-refractivity contribution >= 4 is 0 Å². The summed E-state index contributed by atoms with van der Waals surface area (Å²) >= 11 is 0. The number of benzene rings is 1. The summed E-state index contributed by atoms with van der Waals surface area (Å²) in [7, 11) is 0. The number of halogens is 1. The Labute approximate surface area is 123 Å². The molecular formula is C16H18FN3O. The average molecular weight is 287 g/mol. The second-order valence-corrected chi connectivity index (χ2v) is 6.00. The molecule has 2 aromatic rings. The number of aromatic nitrogens is 1. The molecule has 0 unspecified atom stereocenters. The van der Waals surface area contributed by atoms with E-state index in [0.717, 1.165) is 56.0 Å². The van der Waals surface area contributed by atoms with Crippen molar-refractivity contribution in [3.8, 4) is 11.3 Å². The Morgan fingerprint density at radius 3 is 2.62 bits per heavy atom. The van der Waals surface area contributed by atoms with Crippen molar-refractivity contribution in [1.82, 2.24) is 15.2 Å². The summed E-state index contributed by atoms with van der Waals surface area (Å²) < 4.78 is 18.7. The number of nitrogens with zero attached hydrogens (tertiary/aromatic N) is 2. The standard InChI is InChI=1S/C16H18FN3O/c17-14-3-1-11(2-4-14)15-7-19-16(21-15)10-20-8-12-5-18-6-13(12)9-20/h1-4,7,12-13,18H,5-6,8-10H2/t12-,13+. The van der Waals surface area contributed by atoms with Gasteiger partial charge in [0.2, 0.25) is 5.89 Å². The summed E-state index contributed by atoms with van der Waals surface area (Å²) in [5, 5.41) is 3.44. The van der Waals surface area contributed by atoms with E-state index in [4.69, 9.17) is 4.42 Å². The molecule has 4 nitrogen and oxygen atoms in total. The summed E-state index contributed by atoms with van der Waals surface area (Å²) in [6.07, 6.45) is 1.72. The van der Waals surface area contributed by atoms with E-state index >= 15 is 0 Å². The van der Waals surface area contributed by atoms with E-state index in [9.17, 15) is 4.39 Å². The van der Waals surface area contributed by atoms with E-state index in [-0.39, 0.29) is 5.82 Å². The molecule has 2 atom stereocenters. The quantitative estimate of drug-likeness (QED) is 0.939. The Hall–Kier alpha value is -1.72. The van der Waals surface area contributed by atoms with Gasteiger partial charge in [0.1, 0.15) is 5.82 Å². The zero-order chi connectivity index (χ0) is 14.2. The van der Waals surface area contributed by atoms with E-state index in [1.54, 1.807) is 18.3 Å². The minimum Gasteiger partial charge on any atom is -0.439 e. The van der Waals surface area contributed by atoms with E-state index in [0.29, 0.717) is 5.76 Å². The van der Waals surface area contributed by atoms with Crippen molar-refractivity contribution in [2.75, 3.05) is 26.2 Å². The summed E-state index contributed by atoms with van der Waals surface area (Å²) in [5.74, 6) is 2.75. The lowest BCUT2D eigenvalue weighted by Crippen LogP contribution is -2.25. The molecule has 0 aliphatic carbocycles. The number of hydrogen-bond acceptors (Lipinski definition) is 4. The fourth-order valence-electron chi connectivity index (χ4n) is 3.40. The molecule has 4 rings (SSSR count). The minimum atomic E-state index is -0.240. The van der Waals surface area contributed by atoms with Crippen molar-refractivity contribution in [2.45, 2.75) is 6.54 Å². The van der Waals surface area contributed by atoms with Crippen molar-refractivity contribution < 1.29 is 8.81 Å². The molecule has 1 aromatic heterocycles. The van der Waals surface area contributed by atoms with Gasteiger partial charge in [-0.1, -0.05) is 0 Å². The van der Waals surface area contributed by atoms with Crippen molar-refractivity contribution in [2.24, 2.45) is 11.8 Å². The fourth-order valence-corrected chi connectivity index (χ4v) is 3.40. The van der Waals surface area contributed by atoms with Gasteiger partial charge in [-0.3, -0.25) is 4.90 Å². The Bertz CT molecular complexity index is 613. The first-order valence-electron chi connectivity index (χ1n) is 7.41. The molecule has 2 aliphatic heterocycles. The highest BCUT2D eigenvalue weighted by Gasteiger charge is 2.36. The lowest BCUT2D eigenvalue weighted by molar-refractivity contribution is 0.273. The molecule has 0 radical (unpaired) electrons. The van der Waals surface area contributed by atoms with Crippen LogP contribution < -0.4 is 5.32 Å². The van der Waals surface area contributed by atoms with Crippen LogP contribution in [0.2, 0.25) is 0 Å². The van der Waals surface area contributed by atoms with E-state index < -0.39 is 0 Å². The predicted octanol–water partition coefficient (Wildman–Crippen LogP) is 2.13. The SMILES string of the molecule is Fc1ccc(-c2cnc(CN3C[C@H]4CNC[C@H]4C3)o2)cc1.